The first-order valence-electron chi connectivity index (χ1n) is 9.12. The Morgan fingerprint density at radius 3 is 1.19 bits per heavy atom. The second-order valence-corrected chi connectivity index (χ2v) is 7.89. The van der Waals surface area contributed by atoms with Gasteiger partial charge in [-0.15, -0.1) is 0 Å². The van der Waals surface area contributed by atoms with Crippen molar-refractivity contribution in [1.29, 1.82) is 0 Å². The van der Waals surface area contributed by atoms with E-state index in [1.165, 1.54) is 89.9 Å². The van der Waals surface area contributed by atoms with Gasteiger partial charge in [0.25, 0.3) is 0 Å². The Labute approximate surface area is 173 Å². The average Bonchev–Trinajstić information content (AvgIpc) is 2.43. The maximum atomic E-state index is 10.8. The van der Waals surface area contributed by atoms with E-state index in [0.29, 0.717) is 4.38 Å². The monoisotopic (exact) mass is 373 g/mol. The summed E-state index contributed by atoms with van der Waals surface area (Å²) in [4.78, 5) is 10.8. The summed E-state index contributed by atoms with van der Waals surface area (Å²) < 4.78 is 0.472. The first kappa shape index (κ1) is 24.8. The number of carbonyl (C=O) groups is 1. The van der Waals surface area contributed by atoms with Crippen molar-refractivity contribution >= 4 is 42.1 Å². The standard InChI is InChI=1S/C18H35O.Ca.Zn.2H/c1-2-3-4-5-6-7-8-9-10-11-12-13-14-15-16-17-18-19;;;;/h2-17H2,1H3;;;;. The fraction of sp³-hybridized carbons (Fsp3) is 0.944. The van der Waals surface area contributed by atoms with Crippen molar-refractivity contribution < 1.29 is 23.1 Å². The van der Waals surface area contributed by atoms with E-state index in [4.69, 9.17) is 0 Å². The van der Waals surface area contributed by atoms with Gasteiger partial charge < -0.3 is 0 Å². The van der Waals surface area contributed by atoms with Crippen molar-refractivity contribution in [3.8, 4) is 0 Å². The summed E-state index contributed by atoms with van der Waals surface area (Å²) in [7, 11) is 0. The van der Waals surface area contributed by atoms with Crippen molar-refractivity contribution in [2.24, 2.45) is 0 Å². The van der Waals surface area contributed by atoms with Gasteiger partial charge in [-0.3, -0.25) is 0 Å². The summed E-state index contributed by atoms with van der Waals surface area (Å²) in [5.74, 6) is 0. The Kier molecular flexibility index (Phi) is 25.5. The zero-order valence-corrected chi connectivity index (χ0v) is 16.9. The minimum atomic E-state index is 0. The van der Waals surface area contributed by atoms with Gasteiger partial charge in [0.15, 0.2) is 0 Å². The SMILES string of the molecule is CCCCCCCCCCCCCCCCC[C](=O)[Zn].[CaH2]. The predicted molar refractivity (Wildman–Crippen MR) is 93.1 cm³/mol. The molecule has 0 spiro atoms. The van der Waals surface area contributed by atoms with Gasteiger partial charge in [0.05, 0.1) is 0 Å². The number of rotatable bonds is 16. The normalized spacial score (nSPS) is 10.4. The van der Waals surface area contributed by atoms with Gasteiger partial charge in [-0.1, -0.05) is 39.0 Å². The predicted octanol–water partition coefficient (Wildman–Crippen LogP) is 5.41. The number of hydrogen-bond acceptors (Lipinski definition) is 1. The van der Waals surface area contributed by atoms with E-state index >= 15 is 0 Å². The van der Waals surface area contributed by atoms with Crippen LogP contribution in [-0.2, 0) is 23.1 Å². The molecule has 0 atom stereocenters. The van der Waals surface area contributed by atoms with Gasteiger partial charge in [0, 0.05) is 0 Å². The first-order chi connectivity index (χ1) is 9.77. The third-order valence-electron chi connectivity index (χ3n) is 4.06. The summed E-state index contributed by atoms with van der Waals surface area (Å²) in [5, 5.41) is 0. The van der Waals surface area contributed by atoms with E-state index in [1.807, 2.05) is 0 Å². The van der Waals surface area contributed by atoms with E-state index in [-0.39, 0.29) is 37.7 Å². The van der Waals surface area contributed by atoms with E-state index in [2.05, 4.69) is 6.92 Å². The Balaban J connectivity index is 0. The molecule has 0 saturated heterocycles. The van der Waals surface area contributed by atoms with Crippen LogP contribution in [0.4, 0.5) is 0 Å². The minimum absolute atomic E-state index is 0. The average molecular weight is 375 g/mol. The molecule has 0 aliphatic rings. The second-order valence-electron chi connectivity index (χ2n) is 6.24. The molecule has 0 aliphatic carbocycles. The second kappa shape index (κ2) is 21.6. The summed E-state index contributed by atoms with van der Waals surface area (Å²) >= 11 is 0.846. The molecule has 0 unspecified atom stereocenters. The molecule has 0 aromatic carbocycles. The topological polar surface area (TPSA) is 17.1 Å². The Morgan fingerprint density at radius 1 is 0.619 bits per heavy atom. The third kappa shape index (κ3) is 23.9. The van der Waals surface area contributed by atoms with E-state index < -0.39 is 0 Å². The van der Waals surface area contributed by atoms with E-state index in [9.17, 15) is 4.79 Å². The van der Waals surface area contributed by atoms with Gasteiger partial charge in [-0.25, -0.2) is 0 Å². The van der Waals surface area contributed by atoms with Crippen LogP contribution < -0.4 is 0 Å². The molecule has 0 fully saturated rings. The van der Waals surface area contributed by atoms with Crippen molar-refractivity contribution in [2.45, 2.75) is 110 Å². The number of hydrogen-bond donors (Lipinski definition) is 0. The summed E-state index contributed by atoms with van der Waals surface area (Å²) in [5.41, 5.74) is 0. The van der Waals surface area contributed by atoms with Gasteiger partial charge in [0.2, 0.25) is 0 Å². The molecule has 0 aliphatic heterocycles. The van der Waals surface area contributed by atoms with Crippen LogP contribution in [0.1, 0.15) is 110 Å². The van der Waals surface area contributed by atoms with Crippen molar-refractivity contribution in [1.82, 2.24) is 0 Å². The first-order valence-corrected chi connectivity index (χ1v) is 10.6. The third-order valence-corrected chi connectivity index (χ3v) is 4.80. The van der Waals surface area contributed by atoms with Gasteiger partial charge in [-0.2, -0.15) is 0 Å². The fourth-order valence-corrected chi connectivity index (χ4v) is 3.22. The molecular formula is C18H37CaOZn. The zero-order chi connectivity index (χ0) is 14.9. The van der Waals surface area contributed by atoms with Crippen LogP contribution in [0.3, 0.4) is 0 Å². The molecule has 0 aromatic heterocycles. The van der Waals surface area contributed by atoms with Crippen LogP contribution in [0.5, 0.6) is 0 Å². The van der Waals surface area contributed by atoms with Gasteiger partial charge >= 0.3 is 136 Å². The Hall–Kier alpha value is 1.55. The molecule has 119 valence electrons. The van der Waals surface area contributed by atoms with Crippen LogP contribution in [0.15, 0.2) is 0 Å². The Morgan fingerprint density at radius 2 is 0.905 bits per heavy atom. The molecule has 0 aromatic rings. The summed E-state index contributed by atoms with van der Waals surface area (Å²) in [6, 6.07) is 0. The van der Waals surface area contributed by atoms with E-state index in [1.54, 1.807) is 0 Å². The van der Waals surface area contributed by atoms with Crippen LogP contribution in [0, 0.1) is 0 Å². The molecule has 0 saturated carbocycles. The molecule has 21 heavy (non-hydrogen) atoms. The zero-order valence-electron chi connectivity index (χ0n) is 13.9. The van der Waals surface area contributed by atoms with Crippen LogP contribution in [0.2, 0.25) is 0 Å². The summed E-state index contributed by atoms with van der Waals surface area (Å²) in [6.07, 6.45) is 21.7. The summed E-state index contributed by atoms with van der Waals surface area (Å²) in [6.45, 7) is 2.28. The van der Waals surface area contributed by atoms with Crippen molar-refractivity contribution in [3.05, 3.63) is 0 Å². The molecule has 0 bridgehead atoms. The van der Waals surface area contributed by atoms with Gasteiger partial charge in [0.1, 0.15) is 0 Å². The van der Waals surface area contributed by atoms with Crippen molar-refractivity contribution in [3.63, 3.8) is 0 Å². The van der Waals surface area contributed by atoms with Gasteiger partial charge in [-0.05, 0) is 0 Å². The maximum absolute atomic E-state index is 10.8. The number of unbranched alkanes of at least 4 members (excludes halogenated alkanes) is 14. The quantitative estimate of drug-likeness (QED) is 0.261. The molecule has 1 nitrogen and oxygen atoms in total. The molecule has 0 radical (unpaired) electrons. The Bertz CT molecular complexity index is 209. The molecule has 0 N–H and O–H groups in total. The molecule has 0 amide bonds. The van der Waals surface area contributed by atoms with Crippen LogP contribution >= 0.6 is 0 Å². The van der Waals surface area contributed by atoms with Crippen LogP contribution in [-0.4, -0.2) is 42.1 Å². The van der Waals surface area contributed by atoms with E-state index in [0.717, 1.165) is 31.1 Å². The molecule has 3 heteroatoms. The molecule has 0 rings (SSSR count). The molecular weight excluding hydrogens is 338 g/mol. The van der Waals surface area contributed by atoms with Crippen LogP contribution in [0.25, 0.3) is 0 Å². The van der Waals surface area contributed by atoms with Crippen molar-refractivity contribution in [2.75, 3.05) is 0 Å². The fourth-order valence-electron chi connectivity index (χ4n) is 2.69. The number of carbonyl (C=O) groups excluding carboxylic acids is 1. The molecule has 0 heterocycles.